The van der Waals surface area contributed by atoms with Gasteiger partial charge in [0.2, 0.25) is 5.91 Å². The minimum Gasteiger partial charge on any atom is -1.00 e. The highest BCUT2D eigenvalue weighted by Gasteiger charge is 2.21. The molecule has 0 unspecified atom stereocenters. The summed E-state index contributed by atoms with van der Waals surface area (Å²) in [7, 11) is 0. The van der Waals surface area contributed by atoms with Gasteiger partial charge in [0.1, 0.15) is 11.7 Å². The normalized spacial score (nSPS) is 15.2. The lowest BCUT2D eigenvalue weighted by Crippen LogP contribution is -3.00. The van der Waals surface area contributed by atoms with Crippen molar-refractivity contribution in [2.45, 2.75) is 0 Å². The first-order chi connectivity index (χ1) is 8.22. The number of nitrogens with zero attached hydrogens (tertiary/aromatic N) is 2. The van der Waals surface area contributed by atoms with Crippen LogP contribution >= 0.6 is 11.6 Å². The van der Waals surface area contributed by atoms with Gasteiger partial charge in [0, 0.05) is 26.2 Å². The lowest BCUT2D eigenvalue weighted by atomic mass is 10.2. The lowest BCUT2D eigenvalue weighted by molar-refractivity contribution is -0.128. The molecule has 1 amide bonds. The molecule has 0 radical (unpaired) electrons. The van der Waals surface area contributed by atoms with Crippen molar-refractivity contribution in [2.75, 3.05) is 37.0 Å². The molecule has 1 aromatic rings. The van der Waals surface area contributed by atoms with E-state index in [9.17, 15) is 9.18 Å². The summed E-state index contributed by atoms with van der Waals surface area (Å²) in [5, 5.41) is 0. The Kier molecular flexibility index (Phi) is 5.69. The number of hydrogen-bond acceptors (Lipinski definition) is 2. The molecule has 100 valence electrons. The number of para-hydroxylation sites is 1. The van der Waals surface area contributed by atoms with Gasteiger partial charge in [0.05, 0.1) is 5.69 Å². The topological polar surface area (TPSA) is 23.6 Å². The second-order valence-corrected chi connectivity index (χ2v) is 4.22. The van der Waals surface area contributed by atoms with Gasteiger partial charge in [-0.1, -0.05) is 12.1 Å². The number of hydrogen-bond donors (Lipinski definition) is 0. The maximum absolute atomic E-state index is 13.6. The van der Waals surface area contributed by atoms with Crippen LogP contribution in [0.25, 0.3) is 0 Å². The summed E-state index contributed by atoms with van der Waals surface area (Å²) < 4.78 is 13.6. The molecule has 0 saturated carbocycles. The molecule has 6 heteroatoms. The Morgan fingerprint density at radius 2 is 1.83 bits per heavy atom. The number of anilines is 1. The molecule has 0 spiro atoms. The zero-order chi connectivity index (χ0) is 12.3. The average Bonchev–Trinajstić information content (AvgIpc) is 2.39. The fraction of sp³-hybridized carbons (Fsp3) is 0.417. The van der Waals surface area contributed by atoms with E-state index in [1.165, 1.54) is 6.07 Å². The highest BCUT2D eigenvalue weighted by molar-refractivity contribution is 6.27. The lowest BCUT2D eigenvalue weighted by Gasteiger charge is -2.35. The van der Waals surface area contributed by atoms with Crippen molar-refractivity contribution in [2.24, 2.45) is 0 Å². The van der Waals surface area contributed by atoms with Crippen LogP contribution in [0.5, 0.6) is 0 Å². The number of piperazine rings is 1. The Morgan fingerprint density at radius 1 is 1.22 bits per heavy atom. The van der Waals surface area contributed by atoms with Crippen LogP contribution in [0.15, 0.2) is 24.3 Å². The van der Waals surface area contributed by atoms with Crippen molar-refractivity contribution in [3.8, 4) is 0 Å². The van der Waals surface area contributed by atoms with E-state index in [4.69, 9.17) is 11.6 Å². The molecule has 3 nitrogen and oxygen atoms in total. The third-order valence-electron chi connectivity index (χ3n) is 2.94. The van der Waals surface area contributed by atoms with E-state index in [1.54, 1.807) is 17.0 Å². The number of rotatable bonds is 2. The fourth-order valence-electron chi connectivity index (χ4n) is 1.99. The van der Waals surface area contributed by atoms with Gasteiger partial charge in [-0.3, -0.25) is 4.79 Å². The summed E-state index contributed by atoms with van der Waals surface area (Å²) in [5.74, 6) is -0.260. The van der Waals surface area contributed by atoms with Crippen molar-refractivity contribution >= 4 is 23.2 Å². The van der Waals surface area contributed by atoms with E-state index < -0.39 is 0 Å². The Morgan fingerprint density at radius 3 is 2.39 bits per heavy atom. The van der Waals surface area contributed by atoms with Crippen LogP contribution in [-0.4, -0.2) is 42.9 Å². The smallest absolute Gasteiger partial charge is 0.237 e. The summed E-state index contributed by atoms with van der Waals surface area (Å²) in [6.45, 7) is 2.48. The van der Waals surface area contributed by atoms with E-state index in [1.807, 2.05) is 11.0 Å². The molecule has 1 saturated heterocycles. The third-order valence-corrected chi connectivity index (χ3v) is 3.17. The number of carbonyl (C=O) groups excluding carboxylic acids is 1. The molecular weight excluding hydrogens is 278 g/mol. The number of alkyl halides is 1. The van der Waals surface area contributed by atoms with Crippen molar-refractivity contribution in [1.82, 2.24) is 4.90 Å². The summed E-state index contributed by atoms with van der Waals surface area (Å²) >= 11 is 5.50. The highest BCUT2D eigenvalue weighted by Crippen LogP contribution is 2.20. The average molecular weight is 292 g/mol. The molecule has 0 aromatic heterocycles. The fourth-order valence-corrected chi connectivity index (χ4v) is 2.16. The minimum absolute atomic E-state index is 0. The van der Waals surface area contributed by atoms with Crippen LogP contribution in [0.1, 0.15) is 0 Å². The van der Waals surface area contributed by atoms with Crippen molar-refractivity contribution < 1.29 is 21.6 Å². The van der Waals surface area contributed by atoms with E-state index in [0.29, 0.717) is 31.9 Å². The molecule has 1 heterocycles. The predicted octanol–water partition coefficient (Wildman–Crippen LogP) is -1.28. The van der Waals surface area contributed by atoms with E-state index >= 15 is 0 Å². The molecule has 0 aliphatic carbocycles. The molecule has 18 heavy (non-hydrogen) atoms. The Bertz CT molecular complexity index is 409. The molecular formula is C12H14Cl2FN2O-. The van der Waals surface area contributed by atoms with E-state index in [2.05, 4.69) is 0 Å². The van der Waals surface area contributed by atoms with Crippen molar-refractivity contribution in [1.29, 1.82) is 0 Å². The molecule has 1 aliphatic rings. The molecule has 0 bridgehead atoms. The van der Waals surface area contributed by atoms with Crippen LogP contribution in [0.2, 0.25) is 0 Å². The van der Waals surface area contributed by atoms with Crippen molar-refractivity contribution in [3.63, 3.8) is 0 Å². The van der Waals surface area contributed by atoms with E-state index in [0.717, 1.165) is 0 Å². The molecule has 1 aliphatic heterocycles. The summed E-state index contributed by atoms with van der Waals surface area (Å²) in [6.07, 6.45) is 0. The van der Waals surface area contributed by atoms with Crippen LogP contribution in [0.3, 0.4) is 0 Å². The minimum atomic E-state index is -0.218. The second-order valence-electron chi connectivity index (χ2n) is 3.95. The van der Waals surface area contributed by atoms with Gasteiger partial charge in [-0.15, -0.1) is 11.6 Å². The molecule has 1 aromatic carbocycles. The standard InChI is InChI=1S/C12H14ClFN2O.ClH/c13-9-12(17)16-7-5-15(6-8-16)11-4-2-1-3-10(11)14;/h1-4H,5-9H2;1H/p-1. The first-order valence-corrected chi connectivity index (χ1v) is 6.09. The first-order valence-electron chi connectivity index (χ1n) is 5.55. The Hall–Kier alpha value is -1.00. The van der Waals surface area contributed by atoms with Gasteiger partial charge in [-0.2, -0.15) is 0 Å². The Balaban J connectivity index is 0.00000162. The zero-order valence-electron chi connectivity index (χ0n) is 9.78. The second kappa shape index (κ2) is 6.81. The van der Waals surface area contributed by atoms with Gasteiger partial charge in [0.25, 0.3) is 0 Å². The third kappa shape index (κ3) is 3.27. The van der Waals surface area contributed by atoms with Crippen LogP contribution in [0, 0.1) is 5.82 Å². The van der Waals surface area contributed by atoms with Crippen LogP contribution in [0.4, 0.5) is 10.1 Å². The number of benzene rings is 1. The molecule has 0 N–H and O–H groups in total. The van der Waals surface area contributed by atoms with Crippen LogP contribution < -0.4 is 17.3 Å². The quantitative estimate of drug-likeness (QED) is 0.634. The maximum atomic E-state index is 13.6. The van der Waals surface area contributed by atoms with Gasteiger partial charge in [-0.25, -0.2) is 4.39 Å². The summed E-state index contributed by atoms with van der Waals surface area (Å²) in [6, 6.07) is 6.70. The number of amides is 1. The highest BCUT2D eigenvalue weighted by atomic mass is 35.5. The SMILES string of the molecule is O=C(CCl)N1CCN(c2ccccc2F)CC1.[Cl-]. The van der Waals surface area contributed by atoms with Gasteiger partial charge < -0.3 is 22.2 Å². The van der Waals surface area contributed by atoms with Crippen LogP contribution in [-0.2, 0) is 4.79 Å². The Labute approximate surface area is 117 Å². The van der Waals surface area contributed by atoms with Gasteiger partial charge >= 0.3 is 0 Å². The van der Waals surface area contributed by atoms with E-state index in [-0.39, 0.29) is 30.0 Å². The molecule has 2 rings (SSSR count). The largest absolute Gasteiger partial charge is 1.00 e. The maximum Gasteiger partial charge on any atom is 0.237 e. The zero-order valence-corrected chi connectivity index (χ0v) is 11.3. The van der Waals surface area contributed by atoms with Gasteiger partial charge in [-0.05, 0) is 12.1 Å². The molecule has 0 atom stereocenters. The predicted molar refractivity (Wildman–Crippen MR) is 65.9 cm³/mol. The van der Waals surface area contributed by atoms with Gasteiger partial charge in [0.15, 0.2) is 0 Å². The summed E-state index contributed by atoms with van der Waals surface area (Å²) in [5.41, 5.74) is 0.602. The first kappa shape index (κ1) is 15.1. The monoisotopic (exact) mass is 291 g/mol. The summed E-state index contributed by atoms with van der Waals surface area (Å²) in [4.78, 5) is 15.0. The number of carbonyl (C=O) groups is 1. The molecule has 1 fully saturated rings. The van der Waals surface area contributed by atoms with Crippen molar-refractivity contribution in [3.05, 3.63) is 30.1 Å². The number of halogens is 3.